The first-order valence-electron chi connectivity index (χ1n) is 6.84. The zero-order valence-electron chi connectivity index (χ0n) is 11.8. The van der Waals surface area contributed by atoms with Gasteiger partial charge in [-0.25, -0.2) is 0 Å². The first-order valence-corrected chi connectivity index (χ1v) is 7.63. The quantitative estimate of drug-likeness (QED) is 0.893. The van der Waals surface area contributed by atoms with Gasteiger partial charge in [-0.1, -0.05) is 28.1 Å². The monoisotopic (exact) mass is 360 g/mol. The van der Waals surface area contributed by atoms with Crippen LogP contribution in [0.3, 0.4) is 0 Å². The normalized spacial score (nSPS) is 15.5. The molecule has 1 fully saturated rings. The molecule has 0 spiro atoms. The molecule has 0 atom stereocenters. The van der Waals surface area contributed by atoms with Crippen molar-refractivity contribution in [2.45, 2.75) is 25.8 Å². The van der Waals surface area contributed by atoms with Crippen molar-refractivity contribution >= 4 is 34.2 Å². The summed E-state index contributed by atoms with van der Waals surface area (Å²) in [6.07, 6.45) is 2.93. The zero-order valence-corrected chi connectivity index (χ0v) is 14.2. The summed E-state index contributed by atoms with van der Waals surface area (Å²) in [6.45, 7) is 2.78. The molecule has 0 radical (unpaired) electrons. The van der Waals surface area contributed by atoms with E-state index in [1.54, 1.807) is 0 Å². The lowest BCUT2D eigenvalue weighted by atomic mass is 9.94. The van der Waals surface area contributed by atoms with Crippen LogP contribution in [0.15, 0.2) is 28.7 Å². The third-order valence-corrected chi connectivity index (χ3v) is 4.15. The summed E-state index contributed by atoms with van der Waals surface area (Å²) in [5.41, 5.74) is 1.16. The van der Waals surface area contributed by atoms with E-state index in [0.29, 0.717) is 18.9 Å². The lowest BCUT2D eigenvalue weighted by Crippen LogP contribution is -2.33. The predicted octanol–water partition coefficient (Wildman–Crippen LogP) is 3.22. The number of carbonyl (C=O) groups excluding carboxylic acids is 1. The van der Waals surface area contributed by atoms with Gasteiger partial charge >= 0.3 is 0 Å². The Labute approximate surface area is 135 Å². The highest BCUT2D eigenvalue weighted by Gasteiger charge is 2.19. The molecule has 1 aromatic rings. The van der Waals surface area contributed by atoms with Crippen molar-refractivity contribution in [3.8, 4) is 0 Å². The number of nitrogens with zero attached hydrogens (tertiary/aromatic N) is 1. The molecule has 0 saturated carbocycles. The van der Waals surface area contributed by atoms with Crippen molar-refractivity contribution in [3.05, 3.63) is 34.3 Å². The van der Waals surface area contributed by atoms with Gasteiger partial charge in [0.1, 0.15) is 0 Å². The molecular weight excluding hydrogens is 340 g/mol. The van der Waals surface area contributed by atoms with Gasteiger partial charge in [0.25, 0.3) is 0 Å². The van der Waals surface area contributed by atoms with Crippen molar-refractivity contribution in [2.75, 3.05) is 20.1 Å². The molecule has 5 heteroatoms. The van der Waals surface area contributed by atoms with E-state index in [1.807, 2.05) is 24.1 Å². The highest BCUT2D eigenvalue weighted by Crippen LogP contribution is 2.18. The molecule has 1 aliphatic heterocycles. The molecule has 1 heterocycles. The first kappa shape index (κ1) is 17.5. The third kappa shape index (κ3) is 5.43. The summed E-state index contributed by atoms with van der Waals surface area (Å²) in [6, 6.07) is 8.12. The van der Waals surface area contributed by atoms with Crippen LogP contribution in [0.5, 0.6) is 0 Å². The Morgan fingerprint density at radius 2 is 2.10 bits per heavy atom. The molecular formula is C15H22BrClN2O. The van der Waals surface area contributed by atoms with E-state index in [4.69, 9.17) is 0 Å². The van der Waals surface area contributed by atoms with E-state index in [0.717, 1.165) is 36.0 Å². The number of nitrogens with one attached hydrogen (secondary N) is 1. The number of piperidine rings is 1. The molecule has 0 unspecified atom stereocenters. The summed E-state index contributed by atoms with van der Waals surface area (Å²) in [5.74, 6) is 0.811. The van der Waals surface area contributed by atoms with Gasteiger partial charge in [-0.05, 0) is 49.5 Å². The predicted molar refractivity (Wildman–Crippen MR) is 88.1 cm³/mol. The Bertz CT molecular complexity index is 436. The van der Waals surface area contributed by atoms with E-state index in [2.05, 4.69) is 33.4 Å². The molecule has 112 valence electrons. The van der Waals surface area contributed by atoms with Crippen molar-refractivity contribution in [1.29, 1.82) is 0 Å². The molecule has 20 heavy (non-hydrogen) atoms. The fourth-order valence-corrected chi connectivity index (χ4v) is 2.93. The number of rotatable bonds is 4. The van der Waals surface area contributed by atoms with E-state index >= 15 is 0 Å². The number of halogens is 2. The summed E-state index contributed by atoms with van der Waals surface area (Å²) >= 11 is 3.46. The SMILES string of the molecule is CN(Cc1cccc(Br)c1)C(=O)CC1CCNCC1.Cl. The average molecular weight is 362 g/mol. The van der Waals surface area contributed by atoms with Crippen LogP contribution in [0.2, 0.25) is 0 Å². The van der Waals surface area contributed by atoms with Crippen LogP contribution in [0.4, 0.5) is 0 Å². The molecule has 1 aliphatic rings. The van der Waals surface area contributed by atoms with Gasteiger partial charge in [-0.2, -0.15) is 0 Å². The van der Waals surface area contributed by atoms with Crippen molar-refractivity contribution in [2.24, 2.45) is 5.92 Å². The third-order valence-electron chi connectivity index (χ3n) is 3.66. The summed E-state index contributed by atoms with van der Waals surface area (Å²) < 4.78 is 1.06. The van der Waals surface area contributed by atoms with E-state index in [-0.39, 0.29) is 18.3 Å². The van der Waals surface area contributed by atoms with Crippen LogP contribution in [-0.4, -0.2) is 30.9 Å². The highest BCUT2D eigenvalue weighted by molar-refractivity contribution is 9.10. The zero-order chi connectivity index (χ0) is 13.7. The van der Waals surface area contributed by atoms with Crippen LogP contribution < -0.4 is 5.32 Å². The molecule has 1 N–H and O–H groups in total. The molecule has 1 saturated heterocycles. The second kappa shape index (κ2) is 8.65. The molecule has 0 bridgehead atoms. The number of hydrogen-bond acceptors (Lipinski definition) is 2. The Kier molecular flexibility index (Phi) is 7.56. The van der Waals surface area contributed by atoms with E-state index in [9.17, 15) is 4.79 Å². The van der Waals surface area contributed by atoms with Gasteiger partial charge in [0.2, 0.25) is 5.91 Å². The van der Waals surface area contributed by atoms with Crippen LogP contribution in [0, 0.1) is 5.92 Å². The second-order valence-electron chi connectivity index (χ2n) is 5.28. The summed E-state index contributed by atoms with van der Waals surface area (Å²) in [7, 11) is 1.89. The van der Waals surface area contributed by atoms with Crippen LogP contribution in [-0.2, 0) is 11.3 Å². The maximum absolute atomic E-state index is 12.2. The van der Waals surface area contributed by atoms with E-state index < -0.39 is 0 Å². The lowest BCUT2D eigenvalue weighted by Gasteiger charge is -2.25. The standard InChI is InChI=1S/C15H21BrN2O.ClH/c1-18(11-13-3-2-4-14(16)9-13)15(19)10-12-5-7-17-8-6-12;/h2-4,9,12,17H,5-8,10-11H2,1H3;1H. The minimum Gasteiger partial charge on any atom is -0.341 e. The minimum atomic E-state index is 0. The Hall–Kier alpha value is -0.580. The fourth-order valence-electron chi connectivity index (χ4n) is 2.49. The lowest BCUT2D eigenvalue weighted by molar-refractivity contribution is -0.131. The second-order valence-corrected chi connectivity index (χ2v) is 6.19. The van der Waals surface area contributed by atoms with Crippen molar-refractivity contribution < 1.29 is 4.79 Å². The van der Waals surface area contributed by atoms with Crippen molar-refractivity contribution in [3.63, 3.8) is 0 Å². The molecule has 0 aliphatic carbocycles. The highest BCUT2D eigenvalue weighted by atomic mass is 79.9. The summed E-state index contributed by atoms with van der Waals surface area (Å²) in [4.78, 5) is 14.0. The fraction of sp³-hybridized carbons (Fsp3) is 0.533. The largest absolute Gasteiger partial charge is 0.341 e. The average Bonchev–Trinajstić information content (AvgIpc) is 2.40. The maximum Gasteiger partial charge on any atom is 0.222 e. The molecule has 1 aromatic carbocycles. The van der Waals surface area contributed by atoms with Gasteiger partial charge in [-0.15, -0.1) is 12.4 Å². The van der Waals surface area contributed by atoms with Gasteiger partial charge < -0.3 is 10.2 Å². The maximum atomic E-state index is 12.2. The van der Waals surface area contributed by atoms with Crippen molar-refractivity contribution in [1.82, 2.24) is 10.2 Å². The minimum absolute atomic E-state index is 0. The molecule has 1 amide bonds. The smallest absolute Gasteiger partial charge is 0.222 e. The number of hydrogen-bond donors (Lipinski definition) is 1. The van der Waals surface area contributed by atoms with Crippen LogP contribution in [0.1, 0.15) is 24.8 Å². The van der Waals surface area contributed by atoms with Crippen LogP contribution in [0.25, 0.3) is 0 Å². The topological polar surface area (TPSA) is 32.3 Å². The molecule has 2 rings (SSSR count). The number of benzene rings is 1. The Balaban J connectivity index is 0.00000200. The van der Waals surface area contributed by atoms with Gasteiger partial charge in [-0.3, -0.25) is 4.79 Å². The Morgan fingerprint density at radius 1 is 1.40 bits per heavy atom. The van der Waals surface area contributed by atoms with Gasteiger partial charge in [0.05, 0.1) is 0 Å². The summed E-state index contributed by atoms with van der Waals surface area (Å²) in [5, 5.41) is 3.33. The van der Waals surface area contributed by atoms with Gasteiger partial charge in [0, 0.05) is 24.5 Å². The Morgan fingerprint density at radius 3 is 2.75 bits per heavy atom. The van der Waals surface area contributed by atoms with Gasteiger partial charge in [0.15, 0.2) is 0 Å². The number of amides is 1. The number of carbonyl (C=O) groups is 1. The first-order chi connectivity index (χ1) is 9.15. The van der Waals surface area contributed by atoms with E-state index in [1.165, 1.54) is 0 Å². The molecule has 3 nitrogen and oxygen atoms in total. The molecule has 0 aromatic heterocycles. The van der Waals surface area contributed by atoms with Crippen LogP contribution >= 0.6 is 28.3 Å².